The van der Waals surface area contributed by atoms with Crippen LogP contribution in [0.2, 0.25) is 0 Å². The fourth-order valence-electron chi connectivity index (χ4n) is 3.50. The summed E-state index contributed by atoms with van der Waals surface area (Å²) in [5.74, 6) is 1.58. The molecule has 0 bridgehead atoms. The van der Waals surface area contributed by atoms with Crippen molar-refractivity contribution in [1.82, 2.24) is 5.32 Å². The number of methoxy groups -OCH3 is 1. The molecule has 0 radical (unpaired) electrons. The van der Waals surface area contributed by atoms with Gasteiger partial charge in [0.05, 0.1) is 7.11 Å². The van der Waals surface area contributed by atoms with Gasteiger partial charge in [-0.1, -0.05) is 18.2 Å². The van der Waals surface area contributed by atoms with E-state index in [0.29, 0.717) is 11.3 Å². The molecular formula is C15H21NO2. The van der Waals surface area contributed by atoms with Gasteiger partial charge in [0.15, 0.2) is 0 Å². The second-order valence-electron chi connectivity index (χ2n) is 5.40. The molecule has 0 aliphatic carbocycles. The molecule has 1 aromatic rings. The normalized spacial score (nSPS) is 26.4. The second kappa shape index (κ2) is 4.90. The van der Waals surface area contributed by atoms with E-state index in [1.165, 1.54) is 5.56 Å². The number of ether oxygens (including phenoxy) is 2. The van der Waals surface area contributed by atoms with Crippen LogP contribution in [-0.2, 0) is 4.74 Å². The molecule has 1 N–H and O–H groups in total. The Bertz CT molecular complexity index is 413. The van der Waals surface area contributed by atoms with E-state index in [1.54, 1.807) is 7.11 Å². The standard InChI is InChI=1S/C15H21NO2/c1-17-14-5-3-2-4-12(14)13-10-16-11-15(13)6-8-18-9-7-15/h2-5,13,16H,6-11H2,1H3. The van der Waals surface area contributed by atoms with E-state index >= 15 is 0 Å². The molecule has 3 heteroatoms. The van der Waals surface area contributed by atoms with Gasteiger partial charge in [0.1, 0.15) is 5.75 Å². The Morgan fingerprint density at radius 3 is 2.83 bits per heavy atom. The second-order valence-corrected chi connectivity index (χ2v) is 5.40. The summed E-state index contributed by atoms with van der Waals surface area (Å²) in [6, 6.07) is 8.44. The zero-order valence-electron chi connectivity index (χ0n) is 10.9. The highest BCUT2D eigenvalue weighted by atomic mass is 16.5. The predicted octanol–water partition coefficient (Wildman–Crippen LogP) is 2.18. The molecule has 2 saturated heterocycles. The molecule has 18 heavy (non-hydrogen) atoms. The third-order valence-electron chi connectivity index (χ3n) is 4.57. The molecule has 2 heterocycles. The first kappa shape index (κ1) is 12.0. The van der Waals surface area contributed by atoms with Crippen LogP contribution in [0.3, 0.4) is 0 Å². The van der Waals surface area contributed by atoms with Crippen molar-refractivity contribution in [1.29, 1.82) is 0 Å². The molecule has 2 aliphatic heterocycles. The van der Waals surface area contributed by atoms with Crippen LogP contribution in [0.4, 0.5) is 0 Å². The summed E-state index contributed by atoms with van der Waals surface area (Å²) in [6.45, 7) is 3.96. The first-order chi connectivity index (χ1) is 8.86. The van der Waals surface area contributed by atoms with Crippen molar-refractivity contribution >= 4 is 0 Å². The maximum atomic E-state index is 5.54. The van der Waals surface area contributed by atoms with Crippen molar-refractivity contribution in [2.24, 2.45) is 5.41 Å². The van der Waals surface area contributed by atoms with Crippen molar-refractivity contribution in [2.75, 3.05) is 33.4 Å². The molecule has 1 spiro atoms. The van der Waals surface area contributed by atoms with Gasteiger partial charge in [-0.25, -0.2) is 0 Å². The lowest BCUT2D eigenvalue weighted by atomic mass is 9.69. The van der Waals surface area contributed by atoms with E-state index in [1.807, 2.05) is 6.07 Å². The van der Waals surface area contributed by atoms with Crippen molar-refractivity contribution in [3.63, 3.8) is 0 Å². The molecule has 3 rings (SSSR count). The largest absolute Gasteiger partial charge is 0.496 e. The van der Waals surface area contributed by atoms with Gasteiger partial charge in [-0.3, -0.25) is 0 Å². The molecule has 0 aromatic heterocycles. The van der Waals surface area contributed by atoms with Crippen LogP contribution in [0.1, 0.15) is 24.3 Å². The lowest BCUT2D eigenvalue weighted by Crippen LogP contribution is -2.35. The summed E-state index contributed by atoms with van der Waals surface area (Å²) in [4.78, 5) is 0. The van der Waals surface area contributed by atoms with Crippen LogP contribution in [0.15, 0.2) is 24.3 Å². The monoisotopic (exact) mass is 247 g/mol. The van der Waals surface area contributed by atoms with Gasteiger partial charge in [-0.2, -0.15) is 0 Å². The van der Waals surface area contributed by atoms with Crippen LogP contribution in [0.5, 0.6) is 5.75 Å². The van der Waals surface area contributed by atoms with Gasteiger partial charge in [0, 0.05) is 32.2 Å². The Morgan fingerprint density at radius 1 is 1.28 bits per heavy atom. The van der Waals surface area contributed by atoms with Crippen molar-refractivity contribution < 1.29 is 9.47 Å². The van der Waals surface area contributed by atoms with Crippen molar-refractivity contribution in [2.45, 2.75) is 18.8 Å². The fourth-order valence-corrected chi connectivity index (χ4v) is 3.50. The van der Waals surface area contributed by atoms with Crippen molar-refractivity contribution in [3.05, 3.63) is 29.8 Å². The maximum absolute atomic E-state index is 5.54. The molecule has 3 nitrogen and oxygen atoms in total. The molecule has 0 amide bonds. The number of nitrogens with one attached hydrogen (secondary N) is 1. The first-order valence-electron chi connectivity index (χ1n) is 6.77. The van der Waals surface area contributed by atoms with Crippen LogP contribution < -0.4 is 10.1 Å². The smallest absolute Gasteiger partial charge is 0.122 e. The van der Waals surface area contributed by atoms with E-state index in [2.05, 4.69) is 23.5 Å². The summed E-state index contributed by atoms with van der Waals surface area (Å²) in [5.41, 5.74) is 1.72. The molecule has 0 saturated carbocycles. The molecule has 1 unspecified atom stereocenters. The quantitative estimate of drug-likeness (QED) is 0.869. The van der Waals surface area contributed by atoms with Crippen LogP contribution in [0.25, 0.3) is 0 Å². The summed E-state index contributed by atoms with van der Waals surface area (Å²) >= 11 is 0. The van der Waals surface area contributed by atoms with Crippen LogP contribution in [-0.4, -0.2) is 33.4 Å². The van der Waals surface area contributed by atoms with Crippen LogP contribution >= 0.6 is 0 Å². The highest BCUT2D eigenvalue weighted by molar-refractivity contribution is 5.38. The minimum absolute atomic E-state index is 0.368. The maximum Gasteiger partial charge on any atom is 0.122 e. The highest BCUT2D eigenvalue weighted by Gasteiger charge is 2.45. The van der Waals surface area contributed by atoms with E-state index in [0.717, 1.165) is 44.9 Å². The Hall–Kier alpha value is -1.06. The van der Waals surface area contributed by atoms with E-state index in [4.69, 9.17) is 9.47 Å². The number of rotatable bonds is 2. The van der Waals surface area contributed by atoms with Gasteiger partial charge in [0.2, 0.25) is 0 Å². The zero-order valence-corrected chi connectivity index (χ0v) is 10.9. The minimum atomic E-state index is 0.368. The average Bonchev–Trinajstić information content (AvgIpc) is 2.82. The van der Waals surface area contributed by atoms with Gasteiger partial charge >= 0.3 is 0 Å². The predicted molar refractivity (Wildman–Crippen MR) is 71.1 cm³/mol. The van der Waals surface area contributed by atoms with Crippen molar-refractivity contribution in [3.8, 4) is 5.75 Å². The number of hydrogen-bond donors (Lipinski definition) is 1. The molecule has 1 atom stereocenters. The Labute approximate surface area is 108 Å². The molecule has 2 aliphatic rings. The third kappa shape index (κ3) is 1.91. The van der Waals surface area contributed by atoms with E-state index < -0.39 is 0 Å². The van der Waals surface area contributed by atoms with Crippen LogP contribution in [0, 0.1) is 5.41 Å². The Balaban J connectivity index is 1.94. The van der Waals surface area contributed by atoms with E-state index in [9.17, 15) is 0 Å². The van der Waals surface area contributed by atoms with Gasteiger partial charge in [0.25, 0.3) is 0 Å². The molecular weight excluding hydrogens is 226 g/mol. The molecule has 2 fully saturated rings. The molecule has 98 valence electrons. The fraction of sp³-hybridized carbons (Fsp3) is 0.600. The van der Waals surface area contributed by atoms with Gasteiger partial charge in [-0.05, 0) is 29.9 Å². The summed E-state index contributed by atoms with van der Waals surface area (Å²) in [6.07, 6.45) is 2.31. The summed E-state index contributed by atoms with van der Waals surface area (Å²) in [5, 5.41) is 3.57. The average molecular weight is 247 g/mol. The minimum Gasteiger partial charge on any atom is -0.496 e. The van der Waals surface area contributed by atoms with Gasteiger partial charge in [-0.15, -0.1) is 0 Å². The lowest BCUT2D eigenvalue weighted by Gasteiger charge is -2.38. The number of para-hydroxylation sites is 1. The highest BCUT2D eigenvalue weighted by Crippen LogP contribution is 2.48. The van der Waals surface area contributed by atoms with Gasteiger partial charge < -0.3 is 14.8 Å². The zero-order chi connectivity index (χ0) is 12.4. The lowest BCUT2D eigenvalue weighted by molar-refractivity contribution is 0.0162. The number of benzene rings is 1. The summed E-state index contributed by atoms with van der Waals surface area (Å²) < 4.78 is 11.1. The Kier molecular flexibility index (Phi) is 3.27. The Morgan fingerprint density at radius 2 is 2.06 bits per heavy atom. The first-order valence-corrected chi connectivity index (χ1v) is 6.77. The topological polar surface area (TPSA) is 30.5 Å². The third-order valence-corrected chi connectivity index (χ3v) is 4.57. The SMILES string of the molecule is COc1ccccc1C1CNCC12CCOCC2. The summed E-state index contributed by atoms with van der Waals surface area (Å²) in [7, 11) is 1.76. The van der Waals surface area contributed by atoms with E-state index in [-0.39, 0.29) is 0 Å². The number of hydrogen-bond acceptors (Lipinski definition) is 3. The molecule has 1 aromatic carbocycles.